The highest BCUT2D eigenvalue weighted by molar-refractivity contribution is 7.97. The first-order chi connectivity index (χ1) is 7.76. The number of likely N-dealkylation sites (N-methyl/N-ethyl adjacent to an activating group) is 1. The Labute approximate surface area is 102 Å². The van der Waals surface area contributed by atoms with Crippen molar-refractivity contribution in [1.82, 2.24) is 4.90 Å². The molecule has 0 unspecified atom stereocenters. The van der Waals surface area contributed by atoms with Gasteiger partial charge in [0.15, 0.2) is 0 Å². The number of rotatable bonds is 2. The molecule has 0 radical (unpaired) electrons. The van der Waals surface area contributed by atoms with Crippen LogP contribution < -0.4 is 0 Å². The predicted octanol–water partition coefficient (Wildman–Crippen LogP) is 3.03. The molecule has 0 amide bonds. The smallest absolute Gasteiger partial charge is 0.0462 e. The maximum atomic E-state index is 2.56. The van der Waals surface area contributed by atoms with Gasteiger partial charge in [0.25, 0.3) is 0 Å². The summed E-state index contributed by atoms with van der Waals surface area (Å²) in [6.07, 6.45) is 6.13. The Balaban J connectivity index is 1.99. The second-order valence-corrected chi connectivity index (χ2v) is 5.99. The van der Waals surface area contributed by atoms with E-state index in [0.717, 1.165) is 5.75 Å². The molecule has 2 aliphatic rings. The summed E-state index contributed by atoms with van der Waals surface area (Å²) in [4.78, 5) is 2.56. The molecule has 1 fully saturated rings. The summed E-state index contributed by atoms with van der Waals surface area (Å²) in [7, 11) is 2.28. The van der Waals surface area contributed by atoms with Gasteiger partial charge in [-0.05, 0) is 49.3 Å². The van der Waals surface area contributed by atoms with Gasteiger partial charge in [0.2, 0.25) is 0 Å². The summed E-state index contributed by atoms with van der Waals surface area (Å²) in [5.74, 6) is 1.15. The molecule has 1 spiro atoms. The Morgan fingerprint density at radius 2 is 2.19 bits per heavy atom. The van der Waals surface area contributed by atoms with Crippen LogP contribution in [0.3, 0.4) is 0 Å². The van der Waals surface area contributed by atoms with Gasteiger partial charge in [-0.3, -0.25) is 4.90 Å². The first-order valence-corrected chi connectivity index (χ1v) is 7.48. The number of fused-ring (bicyclic) bond motifs is 2. The van der Waals surface area contributed by atoms with Crippen molar-refractivity contribution in [3.63, 3.8) is 0 Å². The van der Waals surface area contributed by atoms with Crippen LogP contribution in [0.25, 0.3) is 0 Å². The number of nitrogens with zero attached hydrogens (tertiary/aromatic N) is 1. The van der Waals surface area contributed by atoms with E-state index in [-0.39, 0.29) is 0 Å². The van der Waals surface area contributed by atoms with E-state index in [0.29, 0.717) is 5.54 Å². The molecule has 1 aromatic rings. The fraction of sp³-hybridized carbons (Fsp3) is 0.571. The van der Waals surface area contributed by atoms with Crippen LogP contribution in [0.5, 0.6) is 0 Å². The Bertz CT molecular complexity index is 409. The number of thioether (sulfide) groups is 1. The molecule has 1 saturated carbocycles. The quantitative estimate of drug-likeness (QED) is 0.772. The molecule has 0 N–H and O–H groups in total. The van der Waals surface area contributed by atoms with Gasteiger partial charge >= 0.3 is 0 Å². The van der Waals surface area contributed by atoms with Gasteiger partial charge in [-0.25, -0.2) is 0 Å². The SMILES string of the molecule is CSCc1ccc2c(c1)CCN(C)C21CC1. The minimum absolute atomic E-state index is 0.436. The molecule has 1 heterocycles. The molecule has 1 aliphatic heterocycles. The van der Waals surface area contributed by atoms with Gasteiger partial charge in [-0.15, -0.1) is 0 Å². The van der Waals surface area contributed by atoms with Crippen molar-refractivity contribution in [2.24, 2.45) is 0 Å². The second kappa shape index (κ2) is 3.78. The largest absolute Gasteiger partial charge is 0.296 e. The van der Waals surface area contributed by atoms with Crippen LogP contribution in [0.4, 0.5) is 0 Å². The first kappa shape index (κ1) is 10.7. The van der Waals surface area contributed by atoms with E-state index in [1.165, 1.54) is 31.4 Å². The average molecular weight is 233 g/mol. The van der Waals surface area contributed by atoms with E-state index < -0.39 is 0 Å². The molecule has 0 aromatic heterocycles. The molecule has 0 saturated heterocycles. The molecule has 16 heavy (non-hydrogen) atoms. The molecule has 1 nitrogen and oxygen atoms in total. The Kier molecular flexibility index (Phi) is 2.52. The Hall–Kier alpha value is -0.470. The summed E-state index contributed by atoms with van der Waals surface area (Å²) in [5, 5.41) is 0. The van der Waals surface area contributed by atoms with Crippen LogP contribution in [-0.2, 0) is 17.7 Å². The van der Waals surface area contributed by atoms with E-state index in [4.69, 9.17) is 0 Å². The fourth-order valence-corrected chi connectivity index (χ4v) is 3.55. The van der Waals surface area contributed by atoms with Crippen molar-refractivity contribution in [2.45, 2.75) is 30.6 Å². The van der Waals surface area contributed by atoms with E-state index in [9.17, 15) is 0 Å². The number of benzene rings is 1. The van der Waals surface area contributed by atoms with Gasteiger partial charge in [0.1, 0.15) is 0 Å². The minimum atomic E-state index is 0.436. The first-order valence-electron chi connectivity index (χ1n) is 6.09. The molecule has 1 aliphatic carbocycles. The normalized spacial score (nSPS) is 22.1. The summed E-state index contributed by atoms with van der Waals surface area (Å²) in [6, 6.07) is 7.16. The van der Waals surface area contributed by atoms with Crippen LogP contribution in [0.2, 0.25) is 0 Å². The van der Waals surface area contributed by atoms with Crippen molar-refractivity contribution < 1.29 is 0 Å². The molecule has 2 heteroatoms. The van der Waals surface area contributed by atoms with Crippen molar-refractivity contribution in [2.75, 3.05) is 19.8 Å². The third-order valence-electron chi connectivity index (χ3n) is 4.15. The molecular weight excluding hydrogens is 214 g/mol. The molecule has 3 rings (SSSR count). The average Bonchev–Trinajstić information content (AvgIpc) is 3.06. The fourth-order valence-electron chi connectivity index (χ4n) is 3.04. The van der Waals surface area contributed by atoms with Gasteiger partial charge in [0.05, 0.1) is 0 Å². The van der Waals surface area contributed by atoms with Crippen LogP contribution >= 0.6 is 11.8 Å². The summed E-state index contributed by atoms with van der Waals surface area (Å²) >= 11 is 1.91. The molecule has 1 aromatic carbocycles. The van der Waals surface area contributed by atoms with E-state index in [1.54, 1.807) is 11.1 Å². The third kappa shape index (κ3) is 1.51. The van der Waals surface area contributed by atoms with Crippen LogP contribution in [0, 0.1) is 0 Å². The lowest BCUT2D eigenvalue weighted by atomic mass is 9.90. The maximum absolute atomic E-state index is 2.56. The van der Waals surface area contributed by atoms with Crippen molar-refractivity contribution in [1.29, 1.82) is 0 Å². The van der Waals surface area contributed by atoms with Gasteiger partial charge < -0.3 is 0 Å². The third-order valence-corrected chi connectivity index (χ3v) is 4.77. The lowest BCUT2D eigenvalue weighted by Gasteiger charge is -2.35. The second-order valence-electron chi connectivity index (χ2n) is 5.13. The van der Waals surface area contributed by atoms with Crippen molar-refractivity contribution in [3.05, 3.63) is 34.9 Å². The zero-order valence-electron chi connectivity index (χ0n) is 10.1. The summed E-state index contributed by atoms with van der Waals surface area (Å²) in [6.45, 7) is 1.23. The summed E-state index contributed by atoms with van der Waals surface area (Å²) < 4.78 is 0. The van der Waals surface area contributed by atoms with Crippen molar-refractivity contribution >= 4 is 11.8 Å². The van der Waals surface area contributed by atoms with Crippen LogP contribution in [-0.4, -0.2) is 24.7 Å². The topological polar surface area (TPSA) is 3.24 Å². The Morgan fingerprint density at radius 3 is 2.88 bits per heavy atom. The Morgan fingerprint density at radius 1 is 1.38 bits per heavy atom. The highest BCUT2D eigenvalue weighted by atomic mass is 32.2. The molecular formula is C14H19NS. The van der Waals surface area contributed by atoms with Gasteiger partial charge in [0, 0.05) is 17.8 Å². The number of hydrogen-bond acceptors (Lipinski definition) is 2. The van der Waals surface area contributed by atoms with E-state index in [2.05, 4.69) is 36.4 Å². The lowest BCUT2D eigenvalue weighted by Crippen LogP contribution is -2.38. The lowest BCUT2D eigenvalue weighted by molar-refractivity contribution is 0.208. The highest BCUT2D eigenvalue weighted by Crippen LogP contribution is 2.53. The standard InChI is InChI=1S/C14H19NS/c1-15-8-5-12-9-11(10-16-2)3-4-13(12)14(15)6-7-14/h3-4,9H,5-8,10H2,1-2H3. The zero-order chi connectivity index (χ0) is 11.2. The maximum Gasteiger partial charge on any atom is 0.0462 e. The van der Waals surface area contributed by atoms with E-state index >= 15 is 0 Å². The molecule has 0 bridgehead atoms. The predicted molar refractivity (Wildman–Crippen MR) is 70.9 cm³/mol. The van der Waals surface area contributed by atoms with Gasteiger partial charge in [-0.1, -0.05) is 18.2 Å². The zero-order valence-corrected chi connectivity index (χ0v) is 10.9. The van der Waals surface area contributed by atoms with Crippen LogP contribution in [0.15, 0.2) is 18.2 Å². The van der Waals surface area contributed by atoms with Crippen molar-refractivity contribution in [3.8, 4) is 0 Å². The molecule has 0 atom stereocenters. The van der Waals surface area contributed by atoms with E-state index in [1.807, 2.05) is 11.8 Å². The number of hydrogen-bond donors (Lipinski definition) is 0. The summed E-state index contributed by atoms with van der Waals surface area (Å²) in [5.41, 5.74) is 5.16. The van der Waals surface area contributed by atoms with Crippen LogP contribution in [0.1, 0.15) is 29.5 Å². The molecule has 86 valence electrons. The highest BCUT2D eigenvalue weighted by Gasteiger charge is 2.50. The monoisotopic (exact) mass is 233 g/mol. The minimum Gasteiger partial charge on any atom is -0.296 e. The van der Waals surface area contributed by atoms with Gasteiger partial charge in [-0.2, -0.15) is 11.8 Å².